The number of H-pyrrole nitrogens is 1. The van der Waals surface area contributed by atoms with E-state index in [-0.39, 0.29) is 5.91 Å². The molecule has 2 aromatic rings. The normalized spacial score (nSPS) is 12.1. The van der Waals surface area contributed by atoms with Crippen LogP contribution in [0.1, 0.15) is 34.5 Å². The second-order valence-electron chi connectivity index (χ2n) is 5.33. The zero-order valence-corrected chi connectivity index (χ0v) is 12.8. The first-order chi connectivity index (χ1) is 10.5. The van der Waals surface area contributed by atoms with Crippen molar-refractivity contribution in [3.05, 3.63) is 47.7 Å². The van der Waals surface area contributed by atoms with Crippen LogP contribution in [0.4, 0.5) is 0 Å². The van der Waals surface area contributed by atoms with E-state index in [0.717, 1.165) is 22.2 Å². The zero-order valence-electron chi connectivity index (χ0n) is 12.8. The first-order valence-corrected chi connectivity index (χ1v) is 7.18. The average Bonchev–Trinajstić information content (AvgIpc) is 2.78. The van der Waals surface area contributed by atoms with Crippen molar-refractivity contribution in [3.63, 3.8) is 0 Å². The van der Waals surface area contributed by atoms with E-state index in [1.54, 1.807) is 18.2 Å². The molecule has 1 aromatic carbocycles. The van der Waals surface area contributed by atoms with Crippen molar-refractivity contribution >= 4 is 22.8 Å². The number of carbonyl (C=O) groups is 2. The van der Waals surface area contributed by atoms with Gasteiger partial charge in [-0.1, -0.05) is 18.2 Å². The lowest BCUT2D eigenvalue weighted by atomic mass is 10.1. The minimum atomic E-state index is -1.04. The Bertz CT molecular complexity index is 731. The van der Waals surface area contributed by atoms with Crippen molar-refractivity contribution in [1.29, 1.82) is 0 Å². The molecule has 0 fully saturated rings. The molecule has 2 rings (SSSR count). The lowest BCUT2D eigenvalue weighted by Crippen LogP contribution is -2.40. The van der Waals surface area contributed by atoms with Gasteiger partial charge in [-0.15, -0.1) is 6.58 Å². The van der Waals surface area contributed by atoms with Crippen molar-refractivity contribution in [1.82, 2.24) is 10.3 Å². The van der Waals surface area contributed by atoms with Crippen molar-refractivity contribution < 1.29 is 14.7 Å². The number of amides is 1. The largest absolute Gasteiger partial charge is 0.480 e. The number of fused-ring (bicyclic) bond motifs is 1. The Morgan fingerprint density at radius 3 is 2.77 bits per heavy atom. The fourth-order valence-corrected chi connectivity index (χ4v) is 2.45. The number of aromatic amines is 1. The SMILES string of the molecule is C=CCCC(NC(=O)c1cccc2c(C)c(C)[nH]c12)C(=O)O. The average molecular weight is 300 g/mol. The van der Waals surface area contributed by atoms with Gasteiger partial charge < -0.3 is 15.4 Å². The molecule has 1 amide bonds. The highest BCUT2D eigenvalue weighted by molar-refractivity contribution is 6.07. The van der Waals surface area contributed by atoms with Crippen LogP contribution in [0.25, 0.3) is 10.9 Å². The highest BCUT2D eigenvalue weighted by atomic mass is 16.4. The van der Waals surface area contributed by atoms with Gasteiger partial charge >= 0.3 is 5.97 Å². The third-order valence-corrected chi connectivity index (χ3v) is 3.85. The summed E-state index contributed by atoms with van der Waals surface area (Å²) < 4.78 is 0. The third-order valence-electron chi connectivity index (χ3n) is 3.85. The molecule has 0 aliphatic rings. The van der Waals surface area contributed by atoms with Gasteiger partial charge in [0.05, 0.1) is 11.1 Å². The summed E-state index contributed by atoms with van der Waals surface area (Å²) in [5, 5.41) is 12.8. The number of carbonyl (C=O) groups excluding carboxylic acids is 1. The van der Waals surface area contributed by atoms with Crippen LogP contribution >= 0.6 is 0 Å². The second-order valence-corrected chi connectivity index (χ2v) is 5.33. The summed E-state index contributed by atoms with van der Waals surface area (Å²) in [6.07, 6.45) is 2.49. The van der Waals surface area contributed by atoms with Crippen LogP contribution in [0, 0.1) is 13.8 Å². The van der Waals surface area contributed by atoms with Crippen molar-refractivity contribution in [3.8, 4) is 0 Å². The Balaban J connectivity index is 2.31. The third kappa shape index (κ3) is 3.03. The second kappa shape index (κ2) is 6.47. The molecule has 1 heterocycles. The number of nitrogens with one attached hydrogen (secondary N) is 2. The molecular formula is C17H20N2O3. The summed E-state index contributed by atoms with van der Waals surface area (Å²) in [5.41, 5.74) is 3.28. The van der Waals surface area contributed by atoms with E-state index in [2.05, 4.69) is 16.9 Å². The molecule has 0 bridgehead atoms. The highest BCUT2D eigenvalue weighted by Gasteiger charge is 2.21. The van der Waals surface area contributed by atoms with Crippen LogP contribution in [0.15, 0.2) is 30.9 Å². The minimum absolute atomic E-state index is 0.323. The molecule has 0 aliphatic carbocycles. The van der Waals surface area contributed by atoms with Crippen LogP contribution < -0.4 is 5.32 Å². The number of carboxylic acid groups (broad SMARTS) is 1. The summed E-state index contributed by atoms with van der Waals surface area (Å²) in [6, 6.07) is 4.52. The summed E-state index contributed by atoms with van der Waals surface area (Å²) in [5.74, 6) is -1.43. The molecular weight excluding hydrogens is 280 g/mol. The first-order valence-electron chi connectivity index (χ1n) is 7.18. The van der Waals surface area contributed by atoms with Gasteiger partial charge in [0, 0.05) is 11.1 Å². The van der Waals surface area contributed by atoms with Crippen LogP contribution in [0.3, 0.4) is 0 Å². The van der Waals surface area contributed by atoms with Crippen LogP contribution in [0.2, 0.25) is 0 Å². The van der Waals surface area contributed by atoms with E-state index in [1.807, 2.05) is 19.9 Å². The molecule has 0 aliphatic heterocycles. The molecule has 5 nitrogen and oxygen atoms in total. The van der Waals surface area contributed by atoms with E-state index >= 15 is 0 Å². The molecule has 22 heavy (non-hydrogen) atoms. The monoisotopic (exact) mass is 300 g/mol. The Morgan fingerprint density at radius 1 is 1.41 bits per heavy atom. The summed E-state index contributed by atoms with van der Waals surface area (Å²) in [6.45, 7) is 7.50. The van der Waals surface area contributed by atoms with Crippen molar-refractivity contribution in [2.45, 2.75) is 32.7 Å². The van der Waals surface area contributed by atoms with Crippen molar-refractivity contribution in [2.75, 3.05) is 0 Å². The first kappa shape index (κ1) is 15.8. The number of hydrogen-bond acceptors (Lipinski definition) is 2. The van der Waals surface area contributed by atoms with E-state index in [4.69, 9.17) is 0 Å². The number of para-hydroxylation sites is 1. The highest BCUT2D eigenvalue weighted by Crippen LogP contribution is 2.24. The number of benzene rings is 1. The molecule has 0 saturated carbocycles. The number of hydrogen-bond donors (Lipinski definition) is 3. The topological polar surface area (TPSA) is 82.2 Å². The maximum absolute atomic E-state index is 12.4. The fourth-order valence-electron chi connectivity index (χ4n) is 2.45. The van der Waals surface area contributed by atoms with Gasteiger partial charge in [0.25, 0.3) is 5.91 Å². The number of aliphatic carboxylic acids is 1. The Hall–Kier alpha value is -2.56. The summed E-state index contributed by atoms with van der Waals surface area (Å²) in [7, 11) is 0. The molecule has 1 unspecified atom stereocenters. The lowest BCUT2D eigenvalue weighted by molar-refractivity contribution is -0.139. The maximum Gasteiger partial charge on any atom is 0.326 e. The Morgan fingerprint density at radius 2 is 2.14 bits per heavy atom. The van der Waals surface area contributed by atoms with E-state index in [9.17, 15) is 14.7 Å². The van der Waals surface area contributed by atoms with Gasteiger partial charge in [0.2, 0.25) is 0 Å². The standard InChI is InChI=1S/C17H20N2O3/c1-4-5-9-14(17(21)22)19-16(20)13-8-6-7-12-10(2)11(3)18-15(12)13/h4,6-8,14,18H,1,5,9H2,2-3H3,(H,19,20)(H,21,22). The number of allylic oxidation sites excluding steroid dienone is 1. The van der Waals surface area contributed by atoms with Gasteiger partial charge in [-0.3, -0.25) is 4.79 Å². The molecule has 0 saturated heterocycles. The Labute approximate surface area is 129 Å². The fraction of sp³-hybridized carbons (Fsp3) is 0.294. The molecule has 5 heteroatoms. The molecule has 0 spiro atoms. The molecule has 116 valence electrons. The molecule has 1 atom stereocenters. The van der Waals surface area contributed by atoms with Gasteiger partial charge in [0.1, 0.15) is 6.04 Å². The maximum atomic E-state index is 12.4. The van der Waals surface area contributed by atoms with Gasteiger partial charge in [-0.2, -0.15) is 0 Å². The van der Waals surface area contributed by atoms with Gasteiger partial charge in [-0.05, 0) is 38.3 Å². The van der Waals surface area contributed by atoms with Crippen LogP contribution in [-0.2, 0) is 4.79 Å². The quantitative estimate of drug-likeness (QED) is 0.717. The summed E-state index contributed by atoms with van der Waals surface area (Å²) >= 11 is 0. The number of aryl methyl sites for hydroxylation is 2. The number of carboxylic acids is 1. The zero-order chi connectivity index (χ0) is 16.3. The van der Waals surface area contributed by atoms with E-state index in [0.29, 0.717) is 18.4 Å². The predicted molar refractivity (Wildman–Crippen MR) is 86.1 cm³/mol. The van der Waals surface area contributed by atoms with Crippen molar-refractivity contribution in [2.24, 2.45) is 0 Å². The molecule has 3 N–H and O–H groups in total. The lowest BCUT2D eigenvalue weighted by Gasteiger charge is -2.14. The minimum Gasteiger partial charge on any atom is -0.480 e. The molecule has 1 aromatic heterocycles. The van der Waals surface area contributed by atoms with E-state index in [1.165, 1.54) is 0 Å². The van der Waals surface area contributed by atoms with Gasteiger partial charge in [0.15, 0.2) is 0 Å². The van der Waals surface area contributed by atoms with Crippen LogP contribution in [0.5, 0.6) is 0 Å². The Kier molecular flexibility index (Phi) is 4.65. The van der Waals surface area contributed by atoms with E-state index < -0.39 is 12.0 Å². The predicted octanol–water partition coefficient (Wildman–Crippen LogP) is 2.93. The van der Waals surface area contributed by atoms with Crippen LogP contribution in [-0.4, -0.2) is 28.0 Å². The number of rotatable bonds is 6. The molecule has 0 radical (unpaired) electrons. The smallest absolute Gasteiger partial charge is 0.326 e. The summed E-state index contributed by atoms with van der Waals surface area (Å²) in [4.78, 5) is 26.9. The van der Waals surface area contributed by atoms with Gasteiger partial charge in [-0.25, -0.2) is 4.79 Å². The number of aromatic nitrogens is 1.